The Hall–Kier alpha value is -1.02. The van der Waals surface area contributed by atoms with E-state index in [1.807, 2.05) is 12.1 Å². The quantitative estimate of drug-likeness (QED) is 0.794. The van der Waals surface area contributed by atoms with Crippen LogP contribution < -0.4 is 5.32 Å². The predicted molar refractivity (Wildman–Crippen MR) is 60.2 cm³/mol. The van der Waals surface area contributed by atoms with Gasteiger partial charge in [-0.15, -0.1) is 0 Å². The molecule has 0 radical (unpaired) electrons. The molecule has 1 aromatic carbocycles. The normalized spacial score (nSPS) is 17.4. The molecule has 0 saturated heterocycles. The van der Waals surface area contributed by atoms with Crippen LogP contribution in [-0.2, 0) is 0 Å². The van der Waals surface area contributed by atoms with E-state index in [9.17, 15) is 0 Å². The van der Waals surface area contributed by atoms with E-state index in [1.165, 1.54) is 5.56 Å². The van der Waals surface area contributed by atoms with Crippen molar-refractivity contribution in [3.8, 4) is 0 Å². The van der Waals surface area contributed by atoms with E-state index in [-0.39, 0.29) is 0 Å². The van der Waals surface area contributed by atoms with E-state index in [0.717, 1.165) is 23.9 Å². The monoisotopic (exact) mass is 208 g/mol. The highest BCUT2D eigenvalue weighted by Gasteiger charge is 2.15. The minimum atomic E-state index is 0.342. The molecule has 1 aromatic rings. The Morgan fingerprint density at radius 1 is 1.36 bits per heavy atom. The second kappa shape index (κ2) is 4.01. The highest BCUT2D eigenvalue weighted by atomic mass is 35.5. The minimum absolute atomic E-state index is 0.342. The van der Waals surface area contributed by atoms with E-state index in [4.69, 9.17) is 11.6 Å². The van der Waals surface area contributed by atoms with E-state index >= 15 is 0 Å². The molecular weight excluding hydrogens is 196 g/mol. The van der Waals surface area contributed by atoms with Gasteiger partial charge in [0.15, 0.2) is 0 Å². The molecule has 0 saturated carbocycles. The van der Waals surface area contributed by atoms with Crippen molar-refractivity contribution in [3.05, 3.63) is 34.9 Å². The number of halogens is 1. The Morgan fingerprint density at radius 3 is 2.64 bits per heavy atom. The first-order valence-electron chi connectivity index (χ1n) is 4.81. The van der Waals surface area contributed by atoms with Gasteiger partial charge in [-0.25, -0.2) is 0 Å². The molecule has 1 aliphatic rings. The van der Waals surface area contributed by atoms with Crippen molar-refractivity contribution < 1.29 is 0 Å². The van der Waals surface area contributed by atoms with Crippen LogP contribution in [0.1, 0.15) is 18.4 Å². The van der Waals surface area contributed by atoms with Crippen LogP contribution in [0.25, 0.3) is 0 Å². The van der Waals surface area contributed by atoms with Crippen LogP contribution in [0.4, 0.5) is 0 Å². The standard InChI is InChI=1S/C11H13ClN2/c1-8(11-13-6-7-14-11)9-2-4-10(12)5-3-9/h2-5,8H,6-7H2,1H3,(H,13,14). The van der Waals surface area contributed by atoms with Crippen LogP contribution in [0, 0.1) is 0 Å². The molecule has 1 atom stereocenters. The van der Waals surface area contributed by atoms with E-state index in [0.29, 0.717) is 5.92 Å². The molecule has 14 heavy (non-hydrogen) atoms. The van der Waals surface area contributed by atoms with Crippen LogP contribution in [0.3, 0.4) is 0 Å². The fourth-order valence-electron chi connectivity index (χ4n) is 1.62. The first kappa shape index (κ1) is 9.53. The van der Waals surface area contributed by atoms with E-state index in [1.54, 1.807) is 0 Å². The molecule has 1 unspecified atom stereocenters. The van der Waals surface area contributed by atoms with Crippen LogP contribution >= 0.6 is 11.6 Å². The second-order valence-corrected chi connectivity index (χ2v) is 3.90. The molecule has 74 valence electrons. The third kappa shape index (κ3) is 1.90. The molecule has 0 bridgehead atoms. The predicted octanol–water partition coefficient (Wildman–Crippen LogP) is 2.45. The summed E-state index contributed by atoms with van der Waals surface area (Å²) < 4.78 is 0. The summed E-state index contributed by atoms with van der Waals surface area (Å²) in [5.74, 6) is 1.43. The van der Waals surface area contributed by atoms with Gasteiger partial charge in [0.2, 0.25) is 0 Å². The number of amidine groups is 1. The maximum atomic E-state index is 5.83. The maximum absolute atomic E-state index is 5.83. The number of nitrogens with zero attached hydrogens (tertiary/aromatic N) is 1. The van der Waals surface area contributed by atoms with Crippen molar-refractivity contribution in [3.63, 3.8) is 0 Å². The average molecular weight is 209 g/mol. The van der Waals surface area contributed by atoms with Gasteiger partial charge >= 0.3 is 0 Å². The van der Waals surface area contributed by atoms with Gasteiger partial charge in [-0.1, -0.05) is 30.7 Å². The zero-order chi connectivity index (χ0) is 9.97. The van der Waals surface area contributed by atoms with Gasteiger partial charge in [-0.05, 0) is 17.7 Å². The fraction of sp³-hybridized carbons (Fsp3) is 0.364. The number of benzene rings is 1. The Balaban J connectivity index is 2.18. The molecule has 2 nitrogen and oxygen atoms in total. The number of nitrogens with one attached hydrogen (secondary N) is 1. The molecule has 3 heteroatoms. The van der Waals surface area contributed by atoms with E-state index in [2.05, 4.69) is 29.4 Å². The largest absolute Gasteiger partial charge is 0.371 e. The SMILES string of the molecule is CC(C1=NCCN1)c1ccc(Cl)cc1. The van der Waals surface area contributed by atoms with Crippen LogP contribution in [-0.4, -0.2) is 18.9 Å². The van der Waals surface area contributed by atoms with Crippen molar-refractivity contribution in [1.29, 1.82) is 0 Å². The fourth-order valence-corrected chi connectivity index (χ4v) is 1.74. The van der Waals surface area contributed by atoms with Crippen molar-refractivity contribution in [2.75, 3.05) is 13.1 Å². The van der Waals surface area contributed by atoms with Gasteiger partial charge in [0.25, 0.3) is 0 Å². The summed E-state index contributed by atoms with van der Waals surface area (Å²) in [4.78, 5) is 4.41. The molecule has 2 rings (SSSR count). The topological polar surface area (TPSA) is 24.4 Å². The van der Waals surface area contributed by atoms with Gasteiger partial charge < -0.3 is 5.32 Å². The summed E-state index contributed by atoms with van der Waals surface area (Å²) in [7, 11) is 0. The van der Waals surface area contributed by atoms with E-state index < -0.39 is 0 Å². The first-order chi connectivity index (χ1) is 6.77. The lowest BCUT2D eigenvalue weighted by Gasteiger charge is -2.12. The molecular formula is C11H13ClN2. The Labute approximate surface area is 89.0 Å². The zero-order valence-electron chi connectivity index (χ0n) is 8.13. The molecule has 1 heterocycles. The molecule has 0 aromatic heterocycles. The van der Waals surface area contributed by atoms with Crippen LogP contribution in [0.15, 0.2) is 29.3 Å². The average Bonchev–Trinajstić information content (AvgIpc) is 2.71. The van der Waals surface area contributed by atoms with Gasteiger partial charge in [-0.2, -0.15) is 0 Å². The summed E-state index contributed by atoms with van der Waals surface area (Å²) >= 11 is 5.83. The number of rotatable bonds is 2. The van der Waals surface area contributed by atoms with Crippen molar-refractivity contribution >= 4 is 17.4 Å². The van der Waals surface area contributed by atoms with Gasteiger partial charge in [-0.3, -0.25) is 4.99 Å². The smallest absolute Gasteiger partial charge is 0.104 e. The maximum Gasteiger partial charge on any atom is 0.104 e. The minimum Gasteiger partial charge on any atom is -0.371 e. The molecule has 0 spiro atoms. The molecule has 0 fully saturated rings. The van der Waals surface area contributed by atoms with Crippen molar-refractivity contribution in [2.24, 2.45) is 4.99 Å². The lowest BCUT2D eigenvalue weighted by atomic mass is 10.0. The second-order valence-electron chi connectivity index (χ2n) is 3.47. The van der Waals surface area contributed by atoms with Crippen molar-refractivity contribution in [2.45, 2.75) is 12.8 Å². The lowest BCUT2D eigenvalue weighted by Crippen LogP contribution is -2.23. The highest BCUT2D eigenvalue weighted by Crippen LogP contribution is 2.19. The number of aliphatic imine (C=N–C) groups is 1. The highest BCUT2D eigenvalue weighted by molar-refractivity contribution is 6.30. The van der Waals surface area contributed by atoms with Crippen LogP contribution in [0.5, 0.6) is 0 Å². The Bertz CT molecular complexity index is 343. The summed E-state index contributed by atoms with van der Waals surface area (Å²) in [5.41, 5.74) is 1.25. The van der Waals surface area contributed by atoms with Gasteiger partial charge in [0.05, 0.1) is 6.54 Å². The summed E-state index contributed by atoms with van der Waals surface area (Å²) in [6.07, 6.45) is 0. The first-order valence-corrected chi connectivity index (χ1v) is 5.19. The molecule has 1 aliphatic heterocycles. The summed E-state index contributed by atoms with van der Waals surface area (Å²) in [6, 6.07) is 7.94. The number of hydrogen-bond acceptors (Lipinski definition) is 2. The molecule has 0 aliphatic carbocycles. The zero-order valence-corrected chi connectivity index (χ0v) is 8.88. The Morgan fingerprint density at radius 2 is 2.07 bits per heavy atom. The molecule has 1 N–H and O–H groups in total. The Kier molecular flexibility index (Phi) is 2.73. The lowest BCUT2D eigenvalue weighted by molar-refractivity contribution is 0.919. The third-order valence-electron chi connectivity index (χ3n) is 2.48. The van der Waals surface area contributed by atoms with Gasteiger partial charge in [0, 0.05) is 17.5 Å². The number of hydrogen-bond donors (Lipinski definition) is 1. The van der Waals surface area contributed by atoms with Crippen LogP contribution in [0.2, 0.25) is 5.02 Å². The summed E-state index contributed by atoms with van der Waals surface area (Å²) in [6.45, 7) is 4.01. The third-order valence-corrected chi connectivity index (χ3v) is 2.73. The van der Waals surface area contributed by atoms with Crippen molar-refractivity contribution in [1.82, 2.24) is 5.32 Å². The summed E-state index contributed by atoms with van der Waals surface area (Å²) in [5, 5.41) is 4.07. The van der Waals surface area contributed by atoms with Gasteiger partial charge in [0.1, 0.15) is 5.84 Å². The molecule has 0 amide bonds.